The molecule has 0 aromatic heterocycles. The van der Waals surface area contributed by atoms with Crippen LogP contribution in [0.1, 0.15) is 40.7 Å². The molecule has 1 aliphatic heterocycles. The highest BCUT2D eigenvalue weighted by Gasteiger charge is 2.41. The Kier molecular flexibility index (Phi) is 6.94. The van der Waals surface area contributed by atoms with E-state index in [2.05, 4.69) is 0 Å². The van der Waals surface area contributed by atoms with Crippen LogP contribution in [0.4, 0.5) is 17.6 Å². The van der Waals surface area contributed by atoms with Crippen molar-refractivity contribution in [1.82, 2.24) is 4.90 Å². The summed E-state index contributed by atoms with van der Waals surface area (Å²) < 4.78 is 53.8. The molecule has 32 heavy (non-hydrogen) atoms. The van der Waals surface area contributed by atoms with E-state index in [1.165, 1.54) is 29.2 Å². The molecule has 2 atom stereocenters. The number of likely N-dealkylation sites (tertiary alicyclic amines) is 1. The van der Waals surface area contributed by atoms with E-state index >= 15 is 0 Å². The van der Waals surface area contributed by atoms with E-state index in [4.69, 9.17) is 0 Å². The summed E-state index contributed by atoms with van der Waals surface area (Å²) in [6.07, 6.45) is -7.14. The maximum Gasteiger partial charge on any atom is 0.416 e. The molecule has 0 saturated carbocycles. The molecule has 0 aliphatic carbocycles. The van der Waals surface area contributed by atoms with Gasteiger partial charge in [-0.3, -0.25) is 19.8 Å². The molecule has 0 amide bonds. The zero-order chi connectivity index (χ0) is 23.5. The minimum Gasteiger partial charge on any atom is -0.385 e. The number of alkyl halides is 4. The number of ketones is 1. The fraction of sp³-hybridized carbons (Fsp3) is 0.409. The van der Waals surface area contributed by atoms with Crippen LogP contribution in [0.2, 0.25) is 0 Å². The Morgan fingerprint density at radius 2 is 1.75 bits per heavy atom. The lowest BCUT2D eigenvalue weighted by molar-refractivity contribution is -0.508. The predicted octanol–water partition coefficient (Wildman–Crippen LogP) is 4.20. The lowest BCUT2D eigenvalue weighted by Gasteiger charge is -2.40. The van der Waals surface area contributed by atoms with Crippen LogP contribution in [0.25, 0.3) is 0 Å². The minimum absolute atomic E-state index is 0.0299. The summed E-state index contributed by atoms with van der Waals surface area (Å²) in [5.41, 5.74) is -2.26. The van der Waals surface area contributed by atoms with E-state index < -0.39 is 46.8 Å². The highest BCUT2D eigenvalue weighted by atomic mass is 19.4. The molecule has 0 bridgehead atoms. The van der Waals surface area contributed by atoms with E-state index in [1.807, 2.05) is 0 Å². The Labute approximate surface area is 181 Å². The number of carbonyl (C=O) groups is 1. The summed E-state index contributed by atoms with van der Waals surface area (Å²) in [5.74, 6) is -0.796. The maximum atomic E-state index is 14.9. The van der Waals surface area contributed by atoms with E-state index in [0.29, 0.717) is 0 Å². The summed E-state index contributed by atoms with van der Waals surface area (Å²) >= 11 is 0. The summed E-state index contributed by atoms with van der Waals surface area (Å²) in [6.45, 7) is -0.0598. The Morgan fingerprint density at radius 3 is 2.31 bits per heavy atom. The first-order valence-corrected chi connectivity index (χ1v) is 10.0. The Bertz CT molecular complexity index is 960. The summed E-state index contributed by atoms with van der Waals surface area (Å²) in [5, 5.41) is 22.3. The zero-order valence-corrected chi connectivity index (χ0v) is 17.0. The predicted molar refractivity (Wildman–Crippen MR) is 107 cm³/mol. The molecule has 2 unspecified atom stereocenters. The van der Waals surface area contributed by atoms with Gasteiger partial charge in [-0.15, -0.1) is 0 Å². The van der Waals surface area contributed by atoms with Gasteiger partial charge in [0.15, 0.2) is 6.30 Å². The average Bonchev–Trinajstić information content (AvgIpc) is 2.77. The molecule has 0 spiro atoms. The van der Waals surface area contributed by atoms with Crippen molar-refractivity contribution in [2.45, 2.75) is 43.4 Å². The van der Waals surface area contributed by atoms with Crippen LogP contribution < -0.4 is 0 Å². The molecule has 3 rings (SSSR count). The average molecular weight is 454 g/mol. The van der Waals surface area contributed by atoms with E-state index in [-0.39, 0.29) is 37.1 Å². The number of hydrogen-bond acceptors (Lipinski definition) is 5. The van der Waals surface area contributed by atoms with Crippen molar-refractivity contribution >= 4 is 5.78 Å². The molecule has 1 N–H and O–H groups in total. The Balaban J connectivity index is 1.66. The van der Waals surface area contributed by atoms with Crippen LogP contribution >= 0.6 is 0 Å². The molecule has 10 heteroatoms. The van der Waals surface area contributed by atoms with Crippen LogP contribution in [0.3, 0.4) is 0 Å². The van der Waals surface area contributed by atoms with Crippen LogP contribution in [0.15, 0.2) is 54.6 Å². The number of piperidine rings is 1. The number of nitro groups is 1. The normalized spacial score (nSPS) is 18.7. The van der Waals surface area contributed by atoms with Crippen molar-refractivity contribution in [3.8, 4) is 0 Å². The number of hydrogen-bond donors (Lipinski definition) is 1. The number of Topliss-reactive ketones (excluding diaryl/α,β-unsaturated/α-hetero) is 1. The van der Waals surface area contributed by atoms with Gasteiger partial charge in [-0.2, -0.15) is 13.2 Å². The minimum atomic E-state index is -4.56. The number of rotatable bonds is 7. The van der Waals surface area contributed by atoms with Gasteiger partial charge in [0.1, 0.15) is 0 Å². The first-order valence-electron chi connectivity index (χ1n) is 10.0. The molecule has 6 nitrogen and oxygen atoms in total. The lowest BCUT2D eigenvalue weighted by atomic mass is 9.83. The standard InChI is InChI=1S/C22H22F4N2O4/c23-19(14-18(28(31)32)20(29)15-5-2-1-3-6-15)27-11-9-21(30,10-12-27)16-7-4-8-17(13-16)22(24,25)26/h1-8,13,18-19,30H,9-12,14H2. The number of halogens is 4. The molecule has 2 aromatic carbocycles. The third-order valence-corrected chi connectivity index (χ3v) is 5.78. The lowest BCUT2D eigenvalue weighted by Crippen LogP contribution is -2.47. The molecule has 1 saturated heterocycles. The van der Waals surface area contributed by atoms with Crippen LogP contribution in [-0.4, -0.2) is 46.1 Å². The molecular formula is C22H22F4N2O4. The highest BCUT2D eigenvalue weighted by Crippen LogP contribution is 2.37. The molecule has 1 aliphatic rings. The van der Waals surface area contributed by atoms with Gasteiger partial charge in [-0.1, -0.05) is 42.5 Å². The summed E-state index contributed by atoms with van der Waals surface area (Å²) in [4.78, 5) is 24.3. The summed E-state index contributed by atoms with van der Waals surface area (Å²) in [6, 6.07) is 10.2. The van der Waals surface area contributed by atoms with Crippen molar-refractivity contribution in [2.75, 3.05) is 13.1 Å². The molecule has 0 radical (unpaired) electrons. The van der Waals surface area contributed by atoms with Crippen molar-refractivity contribution in [3.05, 3.63) is 81.4 Å². The first-order chi connectivity index (χ1) is 15.0. The number of benzene rings is 2. The number of aliphatic hydroxyl groups is 1. The smallest absolute Gasteiger partial charge is 0.385 e. The third-order valence-electron chi connectivity index (χ3n) is 5.78. The topological polar surface area (TPSA) is 83.7 Å². The van der Waals surface area contributed by atoms with Gasteiger partial charge in [0.05, 0.1) is 17.6 Å². The molecule has 1 heterocycles. The fourth-order valence-corrected chi connectivity index (χ4v) is 3.86. The second-order valence-electron chi connectivity index (χ2n) is 7.85. The second kappa shape index (κ2) is 9.33. The first kappa shape index (κ1) is 23.8. The van der Waals surface area contributed by atoms with Crippen molar-refractivity contribution in [3.63, 3.8) is 0 Å². The largest absolute Gasteiger partial charge is 0.416 e. The van der Waals surface area contributed by atoms with Gasteiger partial charge >= 0.3 is 6.18 Å². The second-order valence-corrected chi connectivity index (χ2v) is 7.85. The van der Waals surface area contributed by atoms with Crippen LogP contribution in [0.5, 0.6) is 0 Å². The maximum absolute atomic E-state index is 14.9. The van der Waals surface area contributed by atoms with Crippen LogP contribution in [0, 0.1) is 10.1 Å². The zero-order valence-electron chi connectivity index (χ0n) is 17.0. The Hall–Kier alpha value is -2.85. The molecule has 172 valence electrons. The van der Waals surface area contributed by atoms with Crippen LogP contribution in [-0.2, 0) is 11.8 Å². The third kappa shape index (κ3) is 5.31. The summed E-state index contributed by atoms with van der Waals surface area (Å²) in [7, 11) is 0. The Morgan fingerprint density at radius 1 is 1.12 bits per heavy atom. The van der Waals surface area contributed by atoms with Gasteiger partial charge in [-0.25, -0.2) is 4.39 Å². The number of carbonyl (C=O) groups excluding carboxylic acids is 1. The van der Waals surface area contributed by atoms with E-state index in [9.17, 15) is 37.6 Å². The van der Waals surface area contributed by atoms with Crippen molar-refractivity contribution in [2.24, 2.45) is 0 Å². The van der Waals surface area contributed by atoms with E-state index in [1.54, 1.807) is 18.2 Å². The van der Waals surface area contributed by atoms with E-state index in [0.717, 1.165) is 12.1 Å². The fourth-order valence-electron chi connectivity index (χ4n) is 3.86. The number of nitrogens with zero attached hydrogens (tertiary/aromatic N) is 2. The molecular weight excluding hydrogens is 432 g/mol. The highest BCUT2D eigenvalue weighted by molar-refractivity contribution is 5.99. The van der Waals surface area contributed by atoms with Gasteiger partial charge in [0, 0.05) is 23.6 Å². The monoisotopic (exact) mass is 454 g/mol. The van der Waals surface area contributed by atoms with Gasteiger partial charge in [0.2, 0.25) is 5.78 Å². The van der Waals surface area contributed by atoms with Crippen molar-refractivity contribution < 1.29 is 32.4 Å². The van der Waals surface area contributed by atoms with Crippen molar-refractivity contribution in [1.29, 1.82) is 0 Å². The quantitative estimate of drug-likeness (QED) is 0.223. The molecule has 1 fully saturated rings. The SMILES string of the molecule is O=C(c1ccccc1)C(CC(F)N1CCC(O)(c2cccc(C(F)(F)F)c2)CC1)[N+](=O)[O-]. The molecule has 2 aromatic rings. The van der Waals surface area contributed by atoms with Gasteiger partial charge < -0.3 is 5.11 Å². The van der Waals surface area contributed by atoms with Gasteiger partial charge in [-0.05, 0) is 30.5 Å². The van der Waals surface area contributed by atoms with Gasteiger partial charge in [0.25, 0.3) is 6.04 Å².